The van der Waals surface area contributed by atoms with Gasteiger partial charge in [0.2, 0.25) is 0 Å². The smallest absolute Gasteiger partial charge is 0.340 e. The van der Waals surface area contributed by atoms with E-state index in [4.69, 9.17) is 9.47 Å². The van der Waals surface area contributed by atoms with Crippen molar-refractivity contribution in [1.29, 1.82) is 0 Å². The molecule has 1 N–H and O–H groups in total. The van der Waals surface area contributed by atoms with Crippen molar-refractivity contribution < 1.29 is 19.4 Å². The average Bonchev–Trinajstić information content (AvgIpc) is 2.65. The number of carboxylic acids is 1. The van der Waals surface area contributed by atoms with E-state index < -0.39 is 5.97 Å². The van der Waals surface area contributed by atoms with Crippen molar-refractivity contribution in [2.24, 2.45) is 0 Å². The van der Waals surface area contributed by atoms with Crippen molar-refractivity contribution >= 4 is 16.7 Å². The lowest BCUT2D eigenvalue weighted by Gasteiger charge is -2.13. The Labute approximate surface area is 153 Å². The Morgan fingerprint density at radius 1 is 0.923 bits per heavy atom. The van der Waals surface area contributed by atoms with Gasteiger partial charge in [-0.3, -0.25) is 0 Å². The van der Waals surface area contributed by atoms with Gasteiger partial charge in [-0.15, -0.1) is 0 Å². The molecule has 0 aromatic heterocycles. The zero-order valence-corrected chi connectivity index (χ0v) is 14.9. The van der Waals surface area contributed by atoms with Gasteiger partial charge in [-0.05, 0) is 40.5 Å². The fourth-order valence-electron chi connectivity index (χ4n) is 2.85. The molecule has 0 aliphatic rings. The standard InChI is InChI=1S/C22H22O4/c1-15(2)16-7-10-18(11-8-16)25-13-14-26-20-12-9-17-5-3-4-6-19(17)21(20)22(23)24/h3-12,15H,13-14H2,1-2H3,(H,23,24). The van der Waals surface area contributed by atoms with Crippen molar-refractivity contribution in [1.82, 2.24) is 0 Å². The van der Waals surface area contributed by atoms with E-state index >= 15 is 0 Å². The number of aromatic carboxylic acids is 1. The molecule has 3 aromatic carbocycles. The number of rotatable bonds is 7. The van der Waals surface area contributed by atoms with E-state index in [2.05, 4.69) is 13.8 Å². The number of ether oxygens (including phenoxy) is 2. The van der Waals surface area contributed by atoms with Gasteiger partial charge in [0.05, 0.1) is 0 Å². The summed E-state index contributed by atoms with van der Waals surface area (Å²) in [6.45, 7) is 4.90. The fraction of sp³-hybridized carbons (Fsp3) is 0.227. The molecular weight excluding hydrogens is 328 g/mol. The summed E-state index contributed by atoms with van der Waals surface area (Å²) in [6.07, 6.45) is 0. The lowest BCUT2D eigenvalue weighted by Crippen LogP contribution is -2.11. The number of fused-ring (bicyclic) bond motifs is 1. The summed E-state index contributed by atoms with van der Waals surface area (Å²) in [6, 6.07) is 18.9. The van der Waals surface area contributed by atoms with Gasteiger partial charge in [0, 0.05) is 0 Å². The number of carboxylic acid groups (broad SMARTS) is 1. The predicted octanol–water partition coefficient (Wildman–Crippen LogP) is 5.12. The van der Waals surface area contributed by atoms with Gasteiger partial charge in [0.15, 0.2) is 0 Å². The largest absolute Gasteiger partial charge is 0.490 e. The molecule has 0 spiro atoms. The van der Waals surface area contributed by atoms with Crippen LogP contribution in [0.5, 0.6) is 11.5 Å². The van der Waals surface area contributed by atoms with Crippen LogP contribution in [0.1, 0.15) is 35.7 Å². The Balaban J connectivity index is 1.64. The number of hydrogen-bond acceptors (Lipinski definition) is 3. The van der Waals surface area contributed by atoms with Crippen molar-refractivity contribution in [3.05, 3.63) is 71.8 Å². The lowest BCUT2D eigenvalue weighted by atomic mass is 10.0. The van der Waals surface area contributed by atoms with Gasteiger partial charge in [-0.25, -0.2) is 4.79 Å². The summed E-state index contributed by atoms with van der Waals surface area (Å²) in [5.74, 6) is 0.613. The van der Waals surface area contributed by atoms with E-state index in [9.17, 15) is 9.90 Å². The molecule has 0 atom stereocenters. The minimum atomic E-state index is -0.998. The minimum absolute atomic E-state index is 0.185. The molecule has 26 heavy (non-hydrogen) atoms. The molecule has 0 saturated carbocycles. The van der Waals surface area contributed by atoms with Crippen molar-refractivity contribution in [3.63, 3.8) is 0 Å². The molecule has 0 heterocycles. The summed E-state index contributed by atoms with van der Waals surface area (Å²) in [5, 5.41) is 11.1. The van der Waals surface area contributed by atoms with Gasteiger partial charge in [0.1, 0.15) is 30.3 Å². The Morgan fingerprint density at radius 3 is 2.31 bits per heavy atom. The van der Waals surface area contributed by atoms with Gasteiger partial charge in [-0.1, -0.05) is 56.3 Å². The molecule has 0 saturated heterocycles. The highest BCUT2D eigenvalue weighted by atomic mass is 16.5. The van der Waals surface area contributed by atoms with Gasteiger partial charge in [0.25, 0.3) is 0 Å². The van der Waals surface area contributed by atoms with Gasteiger partial charge < -0.3 is 14.6 Å². The molecular formula is C22H22O4. The maximum atomic E-state index is 11.7. The molecule has 0 amide bonds. The highest BCUT2D eigenvalue weighted by molar-refractivity contribution is 6.06. The molecule has 0 unspecified atom stereocenters. The molecule has 0 aliphatic heterocycles. The first-order valence-electron chi connectivity index (χ1n) is 8.67. The Bertz CT molecular complexity index is 898. The Morgan fingerprint density at radius 2 is 1.62 bits per heavy atom. The highest BCUT2D eigenvalue weighted by Gasteiger charge is 2.15. The third-order valence-corrected chi connectivity index (χ3v) is 4.26. The third-order valence-electron chi connectivity index (χ3n) is 4.26. The molecule has 3 aromatic rings. The third kappa shape index (κ3) is 3.97. The predicted molar refractivity (Wildman–Crippen MR) is 102 cm³/mol. The van der Waals surface area contributed by atoms with E-state index in [-0.39, 0.29) is 12.2 Å². The van der Waals surface area contributed by atoms with Crippen LogP contribution >= 0.6 is 0 Å². The monoisotopic (exact) mass is 350 g/mol. The summed E-state index contributed by atoms with van der Waals surface area (Å²) < 4.78 is 11.4. The van der Waals surface area contributed by atoms with Crippen LogP contribution in [-0.2, 0) is 0 Å². The van der Waals surface area contributed by atoms with Crippen molar-refractivity contribution in [3.8, 4) is 11.5 Å². The second kappa shape index (κ2) is 7.91. The highest BCUT2D eigenvalue weighted by Crippen LogP contribution is 2.28. The molecule has 0 bridgehead atoms. The van der Waals surface area contributed by atoms with Crippen molar-refractivity contribution in [2.45, 2.75) is 19.8 Å². The first-order valence-corrected chi connectivity index (χ1v) is 8.67. The van der Waals surface area contributed by atoms with E-state index in [1.807, 2.05) is 48.5 Å². The van der Waals surface area contributed by atoms with E-state index in [1.54, 1.807) is 12.1 Å². The van der Waals surface area contributed by atoms with Crippen molar-refractivity contribution in [2.75, 3.05) is 13.2 Å². The summed E-state index contributed by atoms with van der Waals surface area (Å²) in [7, 11) is 0. The van der Waals surface area contributed by atoms with Crippen LogP contribution in [-0.4, -0.2) is 24.3 Å². The zero-order valence-electron chi connectivity index (χ0n) is 14.9. The SMILES string of the molecule is CC(C)c1ccc(OCCOc2ccc3ccccc3c2C(=O)O)cc1. The van der Waals surface area contributed by atoms with Crippen LogP contribution in [0.3, 0.4) is 0 Å². The van der Waals surface area contributed by atoms with Crippen LogP contribution in [0.2, 0.25) is 0 Å². The van der Waals surface area contributed by atoms with Crippen LogP contribution in [0.25, 0.3) is 10.8 Å². The molecule has 134 valence electrons. The van der Waals surface area contributed by atoms with E-state index in [0.29, 0.717) is 23.7 Å². The molecule has 0 aliphatic carbocycles. The number of hydrogen-bond donors (Lipinski definition) is 1. The van der Waals surface area contributed by atoms with Crippen LogP contribution in [0.15, 0.2) is 60.7 Å². The maximum Gasteiger partial charge on any atom is 0.340 e. The Kier molecular flexibility index (Phi) is 5.42. The molecule has 0 fully saturated rings. The van der Waals surface area contributed by atoms with Gasteiger partial charge >= 0.3 is 5.97 Å². The van der Waals surface area contributed by atoms with E-state index in [1.165, 1.54) is 5.56 Å². The van der Waals surface area contributed by atoms with Crippen LogP contribution in [0.4, 0.5) is 0 Å². The minimum Gasteiger partial charge on any atom is -0.490 e. The normalized spacial score (nSPS) is 10.9. The second-order valence-electron chi connectivity index (χ2n) is 6.39. The summed E-state index contributed by atoms with van der Waals surface area (Å²) >= 11 is 0. The van der Waals surface area contributed by atoms with Crippen LogP contribution in [0, 0.1) is 0 Å². The molecule has 4 heteroatoms. The first-order chi connectivity index (χ1) is 12.6. The zero-order chi connectivity index (χ0) is 18.5. The summed E-state index contributed by atoms with van der Waals surface area (Å²) in [4.78, 5) is 11.7. The first kappa shape index (κ1) is 17.8. The summed E-state index contributed by atoms with van der Waals surface area (Å²) in [5.41, 5.74) is 1.44. The molecule has 4 nitrogen and oxygen atoms in total. The number of benzene rings is 3. The maximum absolute atomic E-state index is 11.7. The molecule has 3 rings (SSSR count). The fourth-order valence-corrected chi connectivity index (χ4v) is 2.85. The van der Waals surface area contributed by atoms with Gasteiger partial charge in [-0.2, -0.15) is 0 Å². The number of carbonyl (C=O) groups is 1. The van der Waals surface area contributed by atoms with E-state index in [0.717, 1.165) is 11.1 Å². The quantitative estimate of drug-likeness (QED) is 0.601. The lowest BCUT2D eigenvalue weighted by molar-refractivity contribution is 0.0693. The topological polar surface area (TPSA) is 55.8 Å². The average molecular weight is 350 g/mol. The molecule has 0 radical (unpaired) electrons. The second-order valence-corrected chi connectivity index (χ2v) is 6.39. The Hall–Kier alpha value is -3.01. The van der Waals surface area contributed by atoms with Crippen LogP contribution < -0.4 is 9.47 Å².